The van der Waals surface area contributed by atoms with Crippen molar-refractivity contribution in [3.05, 3.63) is 93.5 Å². The number of halogens is 2. The Morgan fingerprint density at radius 1 is 0.973 bits per heavy atom. The Bertz CT molecular complexity index is 1410. The average molecular weight is 562 g/mol. The van der Waals surface area contributed by atoms with Gasteiger partial charge in [-0.2, -0.15) is 9.82 Å². The molecule has 0 aliphatic rings. The molecule has 2 N–H and O–H groups in total. The Kier molecular flexibility index (Phi) is 9.45. The molecule has 0 heterocycles. The van der Waals surface area contributed by atoms with Crippen LogP contribution in [0, 0.1) is 12.8 Å². The number of aryl methyl sites for hydroxylation is 1. The fourth-order valence-corrected chi connectivity index (χ4v) is 4.95. The van der Waals surface area contributed by atoms with Crippen LogP contribution in [-0.2, 0) is 14.8 Å². The first-order chi connectivity index (χ1) is 17.5. The number of nitrogens with one attached hydrogen (secondary N) is 2. The second kappa shape index (κ2) is 12.3. The smallest absolute Gasteiger partial charge is 0.345 e. The quantitative estimate of drug-likeness (QED) is 0.165. The highest BCUT2D eigenvalue weighted by atomic mass is 35.5. The average Bonchev–Trinajstić information content (AvgIpc) is 2.83. The van der Waals surface area contributed by atoms with Crippen LogP contribution < -0.4 is 14.9 Å². The fourth-order valence-electron chi connectivity index (χ4n) is 3.12. The lowest BCUT2D eigenvalue weighted by Crippen LogP contribution is -2.48. The molecule has 0 saturated carbocycles. The highest BCUT2D eigenvalue weighted by molar-refractivity contribution is 7.89. The van der Waals surface area contributed by atoms with Gasteiger partial charge in [0.25, 0.3) is 5.91 Å². The largest absolute Gasteiger partial charge is 0.423 e. The molecule has 11 heteroatoms. The van der Waals surface area contributed by atoms with Crippen LogP contribution in [-0.4, -0.2) is 32.6 Å². The molecule has 0 fully saturated rings. The second-order valence-electron chi connectivity index (χ2n) is 8.47. The van der Waals surface area contributed by atoms with E-state index in [1.54, 1.807) is 50.2 Å². The molecule has 0 aliphatic heterocycles. The van der Waals surface area contributed by atoms with Crippen LogP contribution in [0.5, 0.6) is 5.75 Å². The summed E-state index contributed by atoms with van der Waals surface area (Å²) < 4.78 is 33.2. The predicted molar refractivity (Wildman–Crippen MR) is 144 cm³/mol. The molecule has 0 aromatic heterocycles. The number of nitrogens with zero attached hydrogens (tertiary/aromatic N) is 1. The van der Waals surface area contributed by atoms with Gasteiger partial charge in [-0.25, -0.2) is 18.6 Å². The Morgan fingerprint density at radius 2 is 1.62 bits per heavy atom. The van der Waals surface area contributed by atoms with Gasteiger partial charge in [-0.1, -0.05) is 54.7 Å². The van der Waals surface area contributed by atoms with Gasteiger partial charge in [0.15, 0.2) is 0 Å². The zero-order valence-corrected chi connectivity index (χ0v) is 22.6. The van der Waals surface area contributed by atoms with E-state index in [-0.39, 0.29) is 27.1 Å². The van der Waals surface area contributed by atoms with Gasteiger partial charge in [-0.15, -0.1) is 0 Å². The van der Waals surface area contributed by atoms with Crippen molar-refractivity contribution in [3.8, 4) is 5.75 Å². The van der Waals surface area contributed by atoms with E-state index in [2.05, 4.69) is 15.2 Å². The number of amides is 1. The van der Waals surface area contributed by atoms with E-state index in [0.717, 1.165) is 5.56 Å². The number of hydrogen-bond acceptors (Lipinski definition) is 6. The molecule has 0 bridgehead atoms. The summed E-state index contributed by atoms with van der Waals surface area (Å²) in [4.78, 5) is 25.1. The predicted octanol–water partition coefficient (Wildman–Crippen LogP) is 4.97. The van der Waals surface area contributed by atoms with Crippen molar-refractivity contribution >= 4 is 51.3 Å². The lowest BCUT2D eigenvalue weighted by atomic mass is 10.1. The maximum absolute atomic E-state index is 12.7. The van der Waals surface area contributed by atoms with E-state index >= 15 is 0 Å². The van der Waals surface area contributed by atoms with E-state index < -0.39 is 27.9 Å². The molecule has 0 unspecified atom stereocenters. The molecule has 1 atom stereocenters. The summed E-state index contributed by atoms with van der Waals surface area (Å²) in [6, 6.07) is 16.1. The first-order valence-corrected chi connectivity index (χ1v) is 13.4. The summed E-state index contributed by atoms with van der Waals surface area (Å²) in [5, 5.41) is 4.50. The molecule has 3 aromatic rings. The zero-order chi connectivity index (χ0) is 27.2. The highest BCUT2D eigenvalue weighted by Crippen LogP contribution is 2.23. The van der Waals surface area contributed by atoms with Crippen LogP contribution in [0.3, 0.4) is 0 Å². The molecule has 0 aliphatic carbocycles. The van der Waals surface area contributed by atoms with Gasteiger partial charge < -0.3 is 4.74 Å². The van der Waals surface area contributed by atoms with E-state index in [0.29, 0.717) is 10.6 Å². The minimum atomic E-state index is -3.90. The Balaban J connectivity index is 1.60. The standard InChI is InChI=1S/C26H25Cl2N3O5S/c1-16(2)24(31-37(34,35)21-11-4-17(3)5-12-21)25(32)30-29-15-18-6-9-20(10-7-18)36-26(33)22-13-8-19(27)14-23(22)28/h4-16,24,31H,1-3H3,(H,30,32)/b29-15-/t24-/m0/s1. The topological polar surface area (TPSA) is 114 Å². The summed E-state index contributed by atoms with van der Waals surface area (Å²) in [6.45, 7) is 5.30. The summed E-state index contributed by atoms with van der Waals surface area (Å²) in [5.74, 6) is -1.29. The number of esters is 1. The van der Waals surface area contributed by atoms with Crippen LogP contribution in [0.15, 0.2) is 76.7 Å². The third kappa shape index (κ3) is 7.87. The van der Waals surface area contributed by atoms with Crippen molar-refractivity contribution in [1.29, 1.82) is 0 Å². The summed E-state index contributed by atoms with van der Waals surface area (Å²) in [7, 11) is -3.90. The van der Waals surface area contributed by atoms with Crippen molar-refractivity contribution in [3.63, 3.8) is 0 Å². The molecule has 0 radical (unpaired) electrons. The van der Waals surface area contributed by atoms with Crippen molar-refractivity contribution in [2.75, 3.05) is 0 Å². The maximum atomic E-state index is 12.7. The third-order valence-corrected chi connectivity index (χ3v) is 7.20. The number of carbonyl (C=O) groups excluding carboxylic acids is 2. The molecule has 0 saturated heterocycles. The number of hydrogen-bond donors (Lipinski definition) is 2. The molecule has 37 heavy (non-hydrogen) atoms. The first kappa shape index (κ1) is 28.3. The number of hydrazone groups is 1. The summed E-state index contributed by atoms with van der Waals surface area (Å²) >= 11 is 11.9. The monoisotopic (exact) mass is 561 g/mol. The van der Waals surface area contributed by atoms with Crippen LogP contribution in [0.4, 0.5) is 0 Å². The first-order valence-electron chi connectivity index (χ1n) is 11.2. The third-order valence-electron chi connectivity index (χ3n) is 5.19. The van der Waals surface area contributed by atoms with Crippen molar-refractivity contribution < 1.29 is 22.7 Å². The molecule has 3 rings (SSSR count). The van der Waals surface area contributed by atoms with Crippen molar-refractivity contribution in [2.45, 2.75) is 31.7 Å². The summed E-state index contributed by atoms with van der Waals surface area (Å²) in [5.41, 5.74) is 4.07. The Morgan fingerprint density at radius 3 is 2.22 bits per heavy atom. The number of carbonyl (C=O) groups is 2. The van der Waals surface area contributed by atoms with E-state index in [9.17, 15) is 18.0 Å². The van der Waals surface area contributed by atoms with Gasteiger partial charge in [-0.3, -0.25) is 4.79 Å². The number of rotatable bonds is 9. The van der Waals surface area contributed by atoms with E-state index in [1.807, 2.05) is 6.92 Å². The summed E-state index contributed by atoms with van der Waals surface area (Å²) in [6.07, 6.45) is 1.38. The van der Waals surface area contributed by atoms with Gasteiger partial charge in [0.2, 0.25) is 10.0 Å². The highest BCUT2D eigenvalue weighted by Gasteiger charge is 2.28. The molecule has 194 valence electrons. The maximum Gasteiger partial charge on any atom is 0.345 e. The molecular formula is C26H25Cl2N3O5S. The molecule has 3 aromatic carbocycles. The Labute approximate surface area is 225 Å². The minimum absolute atomic E-state index is 0.0687. The zero-order valence-electron chi connectivity index (χ0n) is 20.2. The van der Waals surface area contributed by atoms with Gasteiger partial charge >= 0.3 is 5.97 Å². The van der Waals surface area contributed by atoms with Gasteiger partial charge in [0.05, 0.1) is 21.7 Å². The van der Waals surface area contributed by atoms with Crippen LogP contribution in [0.2, 0.25) is 10.0 Å². The van der Waals surface area contributed by atoms with Crippen LogP contribution in [0.25, 0.3) is 0 Å². The van der Waals surface area contributed by atoms with Crippen molar-refractivity contribution in [2.24, 2.45) is 11.0 Å². The molecular weight excluding hydrogens is 537 g/mol. The van der Waals surface area contributed by atoms with Crippen LogP contribution in [0.1, 0.15) is 35.3 Å². The molecule has 0 spiro atoms. The van der Waals surface area contributed by atoms with Gasteiger partial charge in [0, 0.05) is 5.02 Å². The Hall–Kier alpha value is -3.24. The SMILES string of the molecule is Cc1ccc(S(=O)(=O)N[C@H](C(=O)N/N=C\c2ccc(OC(=O)c3ccc(Cl)cc3Cl)cc2)C(C)C)cc1. The van der Waals surface area contributed by atoms with Crippen molar-refractivity contribution in [1.82, 2.24) is 10.1 Å². The number of benzene rings is 3. The minimum Gasteiger partial charge on any atom is -0.423 e. The van der Waals surface area contributed by atoms with E-state index in [1.165, 1.54) is 36.5 Å². The second-order valence-corrected chi connectivity index (χ2v) is 11.0. The normalized spacial score (nSPS) is 12.5. The van der Waals surface area contributed by atoms with Gasteiger partial charge in [0.1, 0.15) is 11.8 Å². The number of ether oxygens (including phenoxy) is 1. The molecule has 1 amide bonds. The number of sulfonamides is 1. The lowest BCUT2D eigenvalue weighted by Gasteiger charge is -2.20. The fraction of sp³-hybridized carbons (Fsp3) is 0.192. The lowest BCUT2D eigenvalue weighted by molar-refractivity contribution is -0.123. The van der Waals surface area contributed by atoms with E-state index in [4.69, 9.17) is 27.9 Å². The van der Waals surface area contributed by atoms with Gasteiger partial charge in [-0.05, 0) is 73.0 Å². The van der Waals surface area contributed by atoms with Crippen LogP contribution >= 0.6 is 23.2 Å². The molecule has 8 nitrogen and oxygen atoms in total.